The number of nitrogens with one attached hydrogen (secondary N) is 1. The summed E-state index contributed by atoms with van der Waals surface area (Å²) in [6.45, 7) is 1.52. The van der Waals surface area contributed by atoms with Crippen LogP contribution in [0.4, 0.5) is 4.39 Å². The standard InChI is InChI=1S/C25H21BrClFN4O4/c1-15-24(26)19(12-34-2)18(10-29)25(31-15)36-14-23(33)32-30-11-16-6-8-17(9-7-16)35-13-20-21(27)4-3-5-22(20)28/h3-9,11H,12-14H2,1-2H3,(H,32,33)/b30-11+. The summed E-state index contributed by atoms with van der Waals surface area (Å²) >= 11 is 9.40. The highest BCUT2D eigenvalue weighted by atomic mass is 79.9. The SMILES string of the molecule is COCc1c(Br)c(C)nc(OCC(=O)N/N=C/c2ccc(OCc3c(F)cccc3Cl)cc2)c1C#N. The normalized spacial score (nSPS) is 10.8. The van der Waals surface area contributed by atoms with Crippen molar-refractivity contribution in [1.29, 1.82) is 5.26 Å². The molecule has 8 nitrogen and oxygen atoms in total. The van der Waals surface area contributed by atoms with Gasteiger partial charge >= 0.3 is 0 Å². The van der Waals surface area contributed by atoms with Crippen molar-refractivity contribution in [3.05, 3.63) is 85.7 Å². The van der Waals surface area contributed by atoms with E-state index in [1.165, 1.54) is 25.5 Å². The van der Waals surface area contributed by atoms with E-state index in [-0.39, 0.29) is 30.2 Å². The van der Waals surface area contributed by atoms with Crippen molar-refractivity contribution in [3.63, 3.8) is 0 Å². The third-order valence-corrected chi connectivity index (χ3v) is 6.24. The molecule has 0 aliphatic rings. The maximum atomic E-state index is 13.8. The van der Waals surface area contributed by atoms with E-state index in [1.807, 2.05) is 6.07 Å². The predicted octanol–water partition coefficient (Wildman–Crippen LogP) is 5.07. The molecule has 11 heteroatoms. The van der Waals surface area contributed by atoms with E-state index in [9.17, 15) is 14.4 Å². The van der Waals surface area contributed by atoms with Gasteiger partial charge < -0.3 is 14.2 Å². The van der Waals surface area contributed by atoms with Crippen LogP contribution in [0.1, 0.15) is 27.9 Å². The van der Waals surface area contributed by atoms with E-state index in [1.54, 1.807) is 37.3 Å². The highest BCUT2D eigenvalue weighted by molar-refractivity contribution is 9.10. The summed E-state index contributed by atoms with van der Waals surface area (Å²) in [6, 6.07) is 13.3. The van der Waals surface area contributed by atoms with Crippen molar-refractivity contribution < 1.29 is 23.4 Å². The molecular formula is C25H21BrClFN4O4. The van der Waals surface area contributed by atoms with E-state index in [0.717, 1.165) is 0 Å². The number of nitrogens with zero attached hydrogens (tertiary/aromatic N) is 3. The first-order valence-electron chi connectivity index (χ1n) is 10.5. The average molecular weight is 576 g/mol. The van der Waals surface area contributed by atoms with Crippen molar-refractivity contribution in [2.45, 2.75) is 20.1 Å². The van der Waals surface area contributed by atoms with Gasteiger partial charge in [0.15, 0.2) is 6.61 Å². The fraction of sp³-hybridized carbons (Fsp3) is 0.200. The van der Waals surface area contributed by atoms with Crippen LogP contribution >= 0.6 is 27.5 Å². The third-order valence-electron chi connectivity index (χ3n) is 4.84. The Labute approximate surface area is 220 Å². The summed E-state index contributed by atoms with van der Waals surface area (Å²) in [5.41, 5.74) is 4.69. The van der Waals surface area contributed by atoms with E-state index in [0.29, 0.717) is 32.1 Å². The predicted molar refractivity (Wildman–Crippen MR) is 136 cm³/mol. The summed E-state index contributed by atoms with van der Waals surface area (Å²) < 4.78 is 30.7. The number of carbonyl (C=O) groups excluding carboxylic acids is 1. The summed E-state index contributed by atoms with van der Waals surface area (Å²) in [5, 5.41) is 13.7. The van der Waals surface area contributed by atoms with Gasteiger partial charge in [0, 0.05) is 22.7 Å². The van der Waals surface area contributed by atoms with Gasteiger partial charge in [0.2, 0.25) is 5.88 Å². The van der Waals surface area contributed by atoms with Crippen LogP contribution in [0.3, 0.4) is 0 Å². The molecule has 3 rings (SSSR count). The molecule has 0 aliphatic heterocycles. The van der Waals surface area contributed by atoms with Crippen LogP contribution in [0, 0.1) is 24.1 Å². The molecule has 0 atom stereocenters. The van der Waals surface area contributed by atoms with Gasteiger partial charge in [-0.05, 0) is 64.8 Å². The zero-order valence-electron chi connectivity index (χ0n) is 19.3. The van der Waals surface area contributed by atoms with Crippen molar-refractivity contribution >= 4 is 39.7 Å². The average Bonchev–Trinajstić information content (AvgIpc) is 2.86. The maximum Gasteiger partial charge on any atom is 0.278 e. The van der Waals surface area contributed by atoms with E-state index in [2.05, 4.69) is 31.4 Å². The minimum Gasteiger partial charge on any atom is -0.489 e. The van der Waals surface area contributed by atoms with Crippen LogP contribution in [-0.2, 0) is 22.7 Å². The maximum absolute atomic E-state index is 13.8. The van der Waals surface area contributed by atoms with Crippen LogP contribution in [0.25, 0.3) is 0 Å². The summed E-state index contributed by atoms with van der Waals surface area (Å²) in [5.74, 6) is -0.414. The number of hydrazone groups is 1. The fourth-order valence-corrected chi connectivity index (χ4v) is 3.65. The molecule has 0 spiro atoms. The van der Waals surface area contributed by atoms with Gasteiger partial charge in [-0.25, -0.2) is 14.8 Å². The molecule has 0 aliphatic carbocycles. The number of hydrogen-bond acceptors (Lipinski definition) is 7. The lowest BCUT2D eigenvalue weighted by molar-refractivity contribution is -0.123. The van der Waals surface area contributed by atoms with Crippen LogP contribution in [0.15, 0.2) is 52.0 Å². The number of halogens is 3. The zero-order valence-corrected chi connectivity index (χ0v) is 21.7. The van der Waals surface area contributed by atoms with Gasteiger partial charge in [-0.15, -0.1) is 0 Å². The number of aromatic nitrogens is 1. The molecule has 0 radical (unpaired) electrons. The highest BCUT2D eigenvalue weighted by Gasteiger charge is 2.18. The number of pyridine rings is 1. The summed E-state index contributed by atoms with van der Waals surface area (Å²) in [4.78, 5) is 16.4. The number of rotatable bonds is 10. The van der Waals surface area contributed by atoms with Crippen molar-refractivity contribution in [2.75, 3.05) is 13.7 Å². The second-order valence-corrected chi connectivity index (χ2v) is 8.55. The molecule has 0 saturated heterocycles. The lowest BCUT2D eigenvalue weighted by Crippen LogP contribution is -2.25. The van der Waals surface area contributed by atoms with E-state index >= 15 is 0 Å². The topological polar surface area (TPSA) is 106 Å². The number of amides is 1. The van der Waals surface area contributed by atoms with Gasteiger partial charge in [0.25, 0.3) is 5.91 Å². The number of carbonyl (C=O) groups is 1. The minimum atomic E-state index is -0.535. The van der Waals surface area contributed by atoms with Crippen LogP contribution in [-0.4, -0.2) is 30.8 Å². The number of aryl methyl sites for hydroxylation is 1. The van der Waals surface area contributed by atoms with Gasteiger partial charge in [-0.3, -0.25) is 4.79 Å². The van der Waals surface area contributed by atoms with Crippen LogP contribution in [0.2, 0.25) is 5.02 Å². The Morgan fingerprint density at radius 3 is 2.64 bits per heavy atom. The molecular weight excluding hydrogens is 555 g/mol. The largest absolute Gasteiger partial charge is 0.489 e. The molecule has 1 heterocycles. The molecule has 36 heavy (non-hydrogen) atoms. The van der Waals surface area contributed by atoms with Gasteiger partial charge in [0.05, 0.1) is 23.5 Å². The second-order valence-electron chi connectivity index (χ2n) is 7.35. The number of methoxy groups -OCH3 is 1. The van der Waals surface area contributed by atoms with Crippen molar-refractivity contribution in [2.24, 2.45) is 5.10 Å². The summed E-state index contributed by atoms with van der Waals surface area (Å²) in [7, 11) is 1.51. The molecule has 1 aromatic heterocycles. The highest BCUT2D eigenvalue weighted by Crippen LogP contribution is 2.30. The minimum absolute atomic E-state index is 0.0117. The molecule has 3 aromatic rings. The number of hydrogen-bond donors (Lipinski definition) is 1. The number of ether oxygens (including phenoxy) is 3. The lowest BCUT2D eigenvalue weighted by atomic mass is 10.1. The first-order chi connectivity index (χ1) is 17.3. The first-order valence-corrected chi connectivity index (χ1v) is 11.7. The Hall–Kier alpha value is -3.52. The molecule has 186 valence electrons. The number of benzene rings is 2. The molecule has 0 saturated carbocycles. The van der Waals surface area contributed by atoms with E-state index in [4.69, 9.17) is 25.8 Å². The molecule has 0 unspecified atom stereocenters. The molecule has 0 bridgehead atoms. The molecule has 1 N–H and O–H groups in total. The van der Waals surface area contributed by atoms with Crippen LogP contribution in [0.5, 0.6) is 11.6 Å². The van der Waals surface area contributed by atoms with Gasteiger partial charge in [-0.2, -0.15) is 10.4 Å². The molecule has 0 fully saturated rings. The summed E-state index contributed by atoms with van der Waals surface area (Å²) in [6.07, 6.45) is 1.44. The zero-order chi connectivity index (χ0) is 26.1. The fourth-order valence-electron chi connectivity index (χ4n) is 3.03. The lowest BCUT2D eigenvalue weighted by Gasteiger charge is -2.13. The van der Waals surface area contributed by atoms with Crippen molar-refractivity contribution in [1.82, 2.24) is 10.4 Å². The molecule has 2 aromatic carbocycles. The van der Waals surface area contributed by atoms with Crippen LogP contribution < -0.4 is 14.9 Å². The third kappa shape index (κ3) is 7.01. The smallest absolute Gasteiger partial charge is 0.278 e. The number of nitriles is 1. The first kappa shape index (κ1) is 27.1. The quantitative estimate of drug-likeness (QED) is 0.267. The van der Waals surface area contributed by atoms with E-state index < -0.39 is 18.3 Å². The Morgan fingerprint density at radius 1 is 1.22 bits per heavy atom. The van der Waals surface area contributed by atoms with Gasteiger partial charge in [-0.1, -0.05) is 17.7 Å². The van der Waals surface area contributed by atoms with Crippen molar-refractivity contribution in [3.8, 4) is 17.7 Å². The second kappa shape index (κ2) is 13.0. The van der Waals surface area contributed by atoms with Gasteiger partial charge in [0.1, 0.15) is 29.8 Å². The monoisotopic (exact) mass is 574 g/mol. The Morgan fingerprint density at radius 2 is 1.97 bits per heavy atom. The molecule has 1 amide bonds. The Bertz CT molecular complexity index is 1290. The Balaban J connectivity index is 1.53. The Kier molecular flexibility index (Phi) is 9.76.